The first-order valence-electron chi connectivity index (χ1n) is 12.8. The van der Waals surface area contributed by atoms with Gasteiger partial charge in [-0.2, -0.15) is 0 Å². The lowest BCUT2D eigenvalue weighted by atomic mass is 9.92. The number of carbonyl (C=O) groups excluding carboxylic acids is 2. The third-order valence-corrected chi connectivity index (χ3v) is 7.74. The topological polar surface area (TPSA) is 85.9 Å². The van der Waals surface area contributed by atoms with Gasteiger partial charge in [0.25, 0.3) is 5.91 Å². The van der Waals surface area contributed by atoms with Gasteiger partial charge in [-0.25, -0.2) is 0 Å². The van der Waals surface area contributed by atoms with Gasteiger partial charge in [0.05, 0.1) is 18.5 Å². The summed E-state index contributed by atoms with van der Waals surface area (Å²) in [6.45, 7) is 2.68. The Hall–Kier alpha value is -3.68. The number of hydrogen-bond acceptors (Lipinski definition) is 5. The molecule has 0 spiro atoms. The Labute approximate surface area is 210 Å². The van der Waals surface area contributed by atoms with Crippen LogP contribution in [0.3, 0.4) is 0 Å². The Balaban J connectivity index is 1.36. The molecule has 1 fully saturated rings. The third kappa shape index (κ3) is 3.94. The monoisotopic (exact) mass is 489 g/mol. The summed E-state index contributed by atoms with van der Waals surface area (Å²) in [4.78, 5) is 29.6. The average Bonchev–Trinajstić information content (AvgIpc) is 3.60. The molecule has 188 valence electrons. The lowest BCUT2D eigenvalue weighted by Crippen LogP contribution is -2.64. The number of aromatic nitrogens is 1. The summed E-state index contributed by atoms with van der Waals surface area (Å²) in [6.07, 6.45) is 8.21. The van der Waals surface area contributed by atoms with Crippen LogP contribution in [0.15, 0.2) is 53.1 Å². The maximum absolute atomic E-state index is 14.0. The van der Waals surface area contributed by atoms with Gasteiger partial charge in [0.1, 0.15) is 17.0 Å². The van der Waals surface area contributed by atoms with E-state index in [1.807, 2.05) is 54.0 Å². The predicted octanol–water partition coefficient (Wildman–Crippen LogP) is 4.73. The molecule has 0 saturated heterocycles. The van der Waals surface area contributed by atoms with Crippen LogP contribution in [0.2, 0.25) is 0 Å². The molecule has 4 heterocycles. The summed E-state index contributed by atoms with van der Waals surface area (Å²) < 4.78 is 18.5. The van der Waals surface area contributed by atoms with E-state index in [-0.39, 0.29) is 31.2 Å². The molecule has 6 rings (SSSR count). The highest BCUT2D eigenvalue weighted by molar-refractivity contribution is 6.00. The summed E-state index contributed by atoms with van der Waals surface area (Å²) in [5, 5.41) is 3.31. The maximum Gasteiger partial charge on any atom is 0.271 e. The molecule has 8 heteroatoms. The molecule has 3 aliphatic rings. The summed E-state index contributed by atoms with van der Waals surface area (Å²) in [5.74, 6) is 1.72. The zero-order chi connectivity index (χ0) is 24.7. The maximum atomic E-state index is 14.0. The smallest absolute Gasteiger partial charge is 0.271 e. The van der Waals surface area contributed by atoms with Crippen molar-refractivity contribution in [3.63, 3.8) is 0 Å². The number of nitrogens with zero attached hydrogens (tertiary/aromatic N) is 2. The quantitative estimate of drug-likeness (QED) is 0.524. The van der Waals surface area contributed by atoms with Crippen LogP contribution < -0.4 is 14.8 Å². The second-order valence-corrected chi connectivity index (χ2v) is 10.2. The number of furan rings is 1. The van der Waals surface area contributed by atoms with Crippen LogP contribution >= 0.6 is 0 Å². The molecule has 1 N–H and O–H groups in total. The summed E-state index contributed by atoms with van der Waals surface area (Å²) in [7, 11) is 0. The van der Waals surface area contributed by atoms with Gasteiger partial charge >= 0.3 is 0 Å². The second kappa shape index (κ2) is 9.08. The highest BCUT2D eigenvalue weighted by Crippen LogP contribution is 2.37. The van der Waals surface area contributed by atoms with E-state index in [1.165, 1.54) is 12.8 Å². The van der Waals surface area contributed by atoms with Crippen LogP contribution in [0.5, 0.6) is 11.5 Å². The largest absolute Gasteiger partial charge is 0.463 e. The first-order valence-corrected chi connectivity index (χ1v) is 12.8. The van der Waals surface area contributed by atoms with Crippen molar-refractivity contribution in [2.45, 2.75) is 70.1 Å². The molecule has 1 atom stereocenters. The molecular formula is C28H31N3O5. The van der Waals surface area contributed by atoms with Crippen LogP contribution in [-0.2, 0) is 17.9 Å². The SMILES string of the molecule is CC1(C(=O)NC2CCCCCC2)Cn2c(ccc2-c2ccco2)C(=O)N1Cc1ccc2c(c1)OCO2. The summed E-state index contributed by atoms with van der Waals surface area (Å²) in [6, 6.07) is 13.2. The number of fused-ring (bicyclic) bond motifs is 2. The normalized spacial score (nSPS) is 21.8. The van der Waals surface area contributed by atoms with E-state index in [9.17, 15) is 9.59 Å². The minimum atomic E-state index is -1.09. The molecular weight excluding hydrogens is 458 g/mol. The van der Waals surface area contributed by atoms with Crippen molar-refractivity contribution in [1.82, 2.24) is 14.8 Å². The summed E-state index contributed by atoms with van der Waals surface area (Å²) in [5.41, 5.74) is 1.13. The van der Waals surface area contributed by atoms with Gasteiger partial charge in [-0.3, -0.25) is 9.59 Å². The van der Waals surface area contributed by atoms with E-state index in [0.717, 1.165) is 36.9 Å². The first-order chi connectivity index (χ1) is 17.5. The number of carbonyl (C=O) groups is 2. The third-order valence-electron chi connectivity index (χ3n) is 7.74. The van der Waals surface area contributed by atoms with E-state index in [0.29, 0.717) is 29.5 Å². The number of amides is 2. The molecule has 8 nitrogen and oxygen atoms in total. The molecule has 0 bridgehead atoms. The lowest BCUT2D eigenvalue weighted by Gasteiger charge is -2.45. The molecule has 3 aromatic rings. The lowest BCUT2D eigenvalue weighted by molar-refractivity contribution is -0.134. The van der Waals surface area contributed by atoms with Crippen molar-refractivity contribution in [3.8, 4) is 23.0 Å². The Morgan fingerprint density at radius 1 is 1.03 bits per heavy atom. The first kappa shape index (κ1) is 22.8. The van der Waals surface area contributed by atoms with Crippen LogP contribution in [0.1, 0.15) is 61.5 Å². The van der Waals surface area contributed by atoms with Gasteiger partial charge in [0.2, 0.25) is 12.7 Å². The molecule has 1 aliphatic carbocycles. The fourth-order valence-electron chi connectivity index (χ4n) is 5.65. The average molecular weight is 490 g/mol. The van der Waals surface area contributed by atoms with Gasteiger partial charge in [0, 0.05) is 12.6 Å². The van der Waals surface area contributed by atoms with Crippen molar-refractivity contribution in [1.29, 1.82) is 0 Å². The number of nitrogens with one attached hydrogen (secondary N) is 1. The molecule has 0 radical (unpaired) electrons. The number of rotatable bonds is 5. The number of benzene rings is 1. The van der Waals surface area contributed by atoms with E-state index in [2.05, 4.69) is 5.32 Å². The minimum Gasteiger partial charge on any atom is -0.463 e. The molecule has 1 saturated carbocycles. The fourth-order valence-corrected chi connectivity index (χ4v) is 5.65. The molecule has 2 amide bonds. The van der Waals surface area contributed by atoms with E-state index >= 15 is 0 Å². The standard InChI is InChI=1S/C28H31N3O5/c1-28(27(33)29-20-7-4-2-3-5-8-20)17-30-21(23-9-6-14-34-23)11-12-22(30)26(32)31(28)16-19-10-13-24-25(15-19)36-18-35-24/h6,9-15,20H,2-5,7-8,16-18H2,1H3,(H,29,33). The fraction of sp³-hybridized carbons (Fsp3) is 0.429. The Bertz CT molecular complexity index is 1270. The van der Waals surface area contributed by atoms with Crippen molar-refractivity contribution in [2.75, 3.05) is 6.79 Å². The van der Waals surface area contributed by atoms with Gasteiger partial charge in [-0.1, -0.05) is 31.7 Å². The summed E-state index contributed by atoms with van der Waals surface area (Å²) >= 11 is 0. The molecule has 2 aliphatic heterocycles. The van der Waals surface area contributed by atoms with Gasteiger partial charge < -0.3 is 28.7 Å². The van der Waals surface area contributed by atoms with Crippen LogP contribution in [0, 0.1) is 0 Å². The van der Waals surface area contributed by atoms with E-state index in [1.54, 1.807) is 11.2 Å². The second-order valence-electron chi connectivity index (χ2n) is 10.2. The Morgan fingerprint density at radius 3 is 2.58 bits per heavy atom. The van der Waals surface area contributed by atoms with E-state index < -0.39 is 5.54 Å². The zero-order valence-corrected chi connectivity index (χ0v) is 20.5. The van der Waals surface area contributed by atoms with Crippen LogP contribution in [0.4, 0.5) is 0 Å². The van der Waals surface area contributed by atoms with Crippen LogP contribution in [-0.4, -0.2) is 39.7 Å². The molecule has 2 aromatic heterocycles. The Morgan fingerprint density at radius 2 is 1.81 bits per heavy atom. The van der Waals surface area contributed by atoms with Crippen molar-refractivity contribution in [2.24, 2.45) is 0 Å². The molecule has 1 aromatic carbocycles. The van der Waals surface area contributed by atoms with E-state index in [4.69, 9.17) is 13.9 Å². The van der Waals surface area contributed by atoms with Crippen molar-refractivity contribution < 1.29 is 23.5 Å². The highest BCUT2D eigenvalue weighted by Gasteiger charge is 2.48. The zero-order valence-electron chi connectivity index (χ0n) is 20.5. The molecule has 36 heavy (non-hydrogen) atoms. The predicted molar refractivity (Wildman–Crippen MR) is 133 cm³/mol. The molecule has 1 unspecified atom stereocenters. The number of ether oxygens (including phenoxy) is 2. The van der Waals surface area contributed by atoms with Gasteiger partial charge in [-0.05, 0) is 61.7 Å². The van der Waals surface area contributed by atoms with Crippen molar-refractivity contribution >= 4 is 11.8 Å². The minimum absolute atomic E-state index is 0.117. The number of hydrogen-bond donors (Lipinski definition) is 1. The Kier molecular flexibility index (Phi) is 5.74. The van der Waals surface area contributed by atoms with Crippen molar-refractivity contribution in [3.05, 3.63) is 60.0 Å². The van der Waals surface area contributed by atoms with Gasteiger partial charge in [-0.15, -0.1) is 0 Å². The highest BCUT2D eigenvalue weighted by atomic mass is 16.7. The van der Waals surface area contributed by atoms with Crippen LogP contribution in [0.25, 0.3) is 11.5 Å². The van der Waals surface area contributed by atoms with Gasteiger partial charge in [0.15, 0.2) is 11.5 Å².